The second-order valence-corrected chi connectivity index (χ2v) is 5.07. The van der Waals surface area contributed by atoms with Gasteiger partial charge in [-0.3, -0.25) is 14.9 Å². The normalized spacial score (nSPS) is 10.4. The zero-order valence-electron chi connectivity index (χ0n) is 13.2. The molecule has 0 saturated carbocycles. The highest BCUT2D eigenvalue weighted by Crippen LogP contribution is 2.34. The Balaban J connectivity index is 1.78. The Morgan fingerprint density at radius 2 is 2.12 bits per heavy atom. The smallest absolute Gasteiger partial charge is 0.287 e. The van der Waals surface area contributed by atoms with E-state index in [1.807, 2.05) is 0 Å². The first-order chi connectivity index (χ1) is 12.1. The van der Waals surface area contributed by atoms with Gasteiger partial charge in [0.1, 0.15) is 17.3 Å². The van der Waals surface area contributed by atoms with E-state index in [2.05, 4.69) is 5.32 Å². The lowest BCUT2D eigenvalue weighted by atomic mass is 10.1. The van der Waals surface area contributed by atoms with Gasteiger partial charge in [-0.1, -0.05) is 0 Å². The number of ether oxygens (including phenoxy) is 1. The SMILES string of the molecule is COc1cc([N+](=O)[O-])ccc1-c1ccc(C(=O)NCc2ccco2)o1. The zero-order valence-corrected chi connectivity index (χ0v) is 13.2. The molecule has 0 aliphatic rings. The summed E-state index contributed by atoms with van der Waals surface area (Å²) in [5.41, 5.74) is 0.418. The fourth-order valence-corrected chi connectivity index (χ4v) is 2.27. The summed E-state index contributed by atoms with van der Waals surface area (Å²) in [6.45, 7) is 0.239. The monoisotopic (exact) mass is 342 g/mol. The van der Waals surface area contributed by atoms with Crippen LogP contribution in [0.25, 0.3) is 11.3 Å². The van der Waals surface area contributed by atoms with Gasteiger partial charge in [-0.05, 0) is 30.3 Å². The summed E-state index contributed by atoms with van der Waals surface area (Å²) in [6.07, 6.45) is 1.52. The lowest BCUT2D eigenvalue weighted by Gasteiger charge is -2.06. The summed E-state index contributed by atoms with van der Waals surface area (Å²) in [5.74, 6) is 0.989. The number of amides is 1. The van der Waals surface area contributed by atoms with Gasteiger partial charge in [-0.2, -0.15) is 0 Å². The maximum Gasteiger partial charge on any atom is 0.287 e. The molecule has 2 aromatic heterocycles. The maximum absolute atomic E-state index is 12.1. The number of nitro groups is 1. The molecule has 0 unspecified atom stereocenters. The average molecular weight is 342 g/mol. The maximum atomic E-state index is 12.1. The standard InChI is InChI=1S/C17H14N2O6/c1-23-16-9-11(19(21)22)4-5-13(16)14-6-7-15(25-14)17(20)18-10-12-3-2-8-24-12/h2-9H,10H2,1H3,(H,18,20). The van der Waals surface area contributed by atoms with Gasteiger partial charge in [0.25, 0.3) is 11.6 Å². The minimum atomic E-state index is -0.512. The third kappa shape index (κ3) is 3.52. The molecule has 25 heavy (non-hydrogen) atoms. The van der Waals surface area contributed by atoms with Crippen molar-refractivity contribution in [1.29, 1.82) is 0 Å². The van der Waals surface area contributed by atoms with E-state index in [9.17, 15) is 14.9 Å². The van der Waals surface area contributed by atoms with Gasteiger partial charge in [0.05, 0.1) is 36.5 Å². The van der Waals surface area contributed by atoms with E-state index >= 15 is 0 Å². The van der Waals surface area contributed by atoms with Gasteiger partial charge >= 0.3 is 0 Å². The van der Waals surface area contributed by atoms with E-state index in [4.69, 9.17) is 13.6 Å². The predicted octanol–water partition coefficient (Wildman–Crippen LogP) is 3.39. The second kappa shape index (κ2) is 6.91. The quantitative estimate of drug-likeness (QED) is 0.543. The summed E-state index contributed by atoms with van der Waals surface area (Å²) in [5, 5.41) is 13.5. The number of rotatable bonds is 6. The molecule has 8 heteroatoms. The van der Waals surface area contributed by atoms with Crippen LogP contribution >= 0.6 is 0 Å². The van der Waals surface area contributed by atoms with Crippen molar-refractivity contribution in [2.24, 2.45) is 0 Å². The van der Waals surface area contributed by atoms with Crippen LogP contribution in [-0.2, 0) is 6.54 Å². The summed E-state index contributed by atoms with van der Waals surface area (Å²) >= 11 is 0. The Labute approximate surface area is 142 Å². The van der Waals surface area contributed by atoms with Crippen molar-refractivity contribution in [3.05, 3.63) is 70.4 Å². The summed E-state index contributed by atoms with van der Waals surface area (Å²) < 4.78 is 15.9. The van der Waals surface area contributed by atoms with Gasteiger partial charge in [-0.15, -0.1) is 0 Å². The minimum absolute atomic E-state index is 0.0939. The molecule has 3 rings (SSSR count). The van der Waals surface area contributed by atoms with Gasteiger partial charge in [0.15, 0.2) is 5.76 Å². The summed E-state index contributed by atoms with van der Waals surface area (Å²) in [4.78, 5) is 22.4. The van der Waals surface area contributed by atoms with Crippen LogP contribution in [0.4, 0.5) is 5.69 Å². The van der Waals surface area contributed by atoms with Crippen LogP contribution in [0.15, 0.2) is 57.6 Å². The molecule has 8 nitrogen and oxygen atoms in total. The summed E-state index contributed by atoms with van der Waals surface area (Å²) in [7, 11) is 1.41. The van der Waals surface area contributed by atoms with E-state index in [0.29, 0.717) is 17.1 Å². The predicted molar refractivity (Wildman–Crippen MR) is 87.2 cm³/mol. The van der Waals surface area contributed by atoms with Gasteiger partial charge in [0, 0.05) is 6.07 Å². The molecular formula is C17H14N2O6. The van der Waals surface area contributed by atoms with Crippen molar-refractivity contribution in [3.63, 3.8) is 0 Å². The van der Waals surface area contributed by atoms with Crippen LogP contribution in [0, 0.1) is 10.1 Å². The molecule has 1 aromatic carbocycles. The molecule has 0 spiro atoms. The molecule has 3 aromatic rings. The van der Waals surface area contributed by atoms with Crippen LogP contribution < -0.4 is 10.1 Å². The van der Waals surface area contributed by atoms with Crippen LogP contribution in [-0.4, -0.2) is 17.9 Å². The third-order valence-corrected chi connectivity index (χ3v) is 3.49. The topological polar surface area (TPSA) is 108 Å². The highest BCUT2D eigenvalue weighted by Gasteiger charge is 2.17. The lowest BCUT2D eigenvalue weighted by Crippen LogP contribution is -2.21. The molecule has 128 valence electrons. The van der Waals surface area contributed by atoms with Crippen molar-refractivity contribution < 1.29 is 23.3 Å². The molecular weight excluding hydrogens is 328 g/mol. The molecule has 0 radical (unpaired) electrons. The van der Waals surface area contributed by atoms with E-state index in [0.717, 1.165) is 0 Å². The number of benzene rings is 1. The fraction of sp³-hybridized carbons (Fsp3) is 0.118. The number of nitrogens with one attached hydrogen (secondary N) is 1. The van der Waals surface area contributed by atoms with E-state index in [1.165, 1.54) is 37.6 Å². The molecule has 0 atom stereocenters. The average Bonchev–Trinajstić information content (AvgIpc) is 3.30. The number of nitro benzene ring substituents is 1. The Morgan fingerprint density at radius 1 is 1.28 bits per heavy atom. The molecule has 0 saturated heterocycles. The van der Waals surface area contributed by atoms with Crippen LogP contribution in [0.2, 0.25) is 0 Å². The van der Waals surface area contributed by atoms with Crippen LogP contribution in [0.3, 0.4) is 0 Å². The van der Waals surface area contributed by atoms with Crippen LogP contribution in [0.1, 0.15) is 16.3 Å². The first kappa shape index (κ1) is 16.3. The van der Waals surface area contributed by atoms with E-state index in [1.54, 1.807) is 18.2 Å². The number of carbonyl (C=O) groups excluding carboxylic acids is 1. The largest absolute Gasteiger partial charge is 0.496 e. The Morgan fingerprint density at radius 3 is 2.80 bits per heavy atom. The Kier molecular flexibility index (Phi) is 4.51. The van der Waals surface area contributed by atoms with E-state index < -0.39 is 10.8 Å². The third-order valence-electron chi connectivity index (χ3n) is 3.49. The molecule has 1 amide bonds. The van der Waals surface area contributed by atoms with Gasteiger partial charge in [-0.25, -0.2) is 0 Å². The number of non-ortho nitro benzene ring substituents is 1. The number of furan rings is 2. The Hall–Kier alpha value is -3.55. The van der Waals surface area contributed by atoms with Crippen molar-refractivity contribution in [1.82, 2.24) is 5.32 Å². The number of methoxy groups -OCH3 is 1. The molecule has 1 N–H and O–H groups in total. The van der Waals surface area contributed by atoms with E-state index in [-0.39, 0.29) is 23.7 Å². The van der Waals surface area contributed by atoms with Crippen LogP contribution in [0.5, 0.6) is 5.75 Å². The molecule has 0 fully saturated rings. The fourth-order valence-electron chi connectivity index (χ4n) is 2.27. The van der Waals surface area contributed by atoms with Crippen molar-refractivity contribution in [2.45, 2.75) is 6.54 Å². The highest BCUT2D eigenvalue weighted by molar-refractivity contribution is 5.92. The first-order valence-corrected chi connectivity index (χ1v) is 7.31. The number of carbonyl (C=O) groups is 1. The van der Waals surface area contributed by atoms with Crippen molar-refractivity contribution in [2.75, 3.05) is 7.11 Å². The number of hydrogen-bond donors (Lipinski definition) is 1. The molecule has 0 bridgehead atoms. The molecule has 0 aliphatic carbocycles. The Bertz CT molecular complexity index is 898. The number of hydrogen-bond acceptors (Lipinski definition) is 6. The lowest BCUT2D eigenvalue weighted by molar-refractivity contribution is -0.384. The second-order valence-electron chi connectivity index (χ2n) is 5.07. The van der Waals surface area contributed by atoms with Crippen molar-refractivity contribution in [3.8, 4) is 17.1 Å². The zero-order chi connectivity index (χ0) is 17.8. The molecule has 2 heterocycles. The number of nitrogens with zero attached hydrogens (tertiary/aromatic N) is 1. The minimum Gasteiger partial charge on any atom is -0.496 e. The first-order valence-electron chi connectivity index (χ1n) is 7.31. The van der Waals surface area contributed by atoms with Gasteiger partial charge in [0.2, 0.25) is 0 Å². The highest BCUT2D eigenvalue weighted by atomic mass is 16.6. The summed E-state index contributed by atoms with van der Waals surface area (Å²) in [6, 6.07) is 10.8. The van der Waals surface area contributed by atoms with Gasteiger partial charge < -0.3 is 18.9 Å². The molecule has 0 aliphatic heterocycles. The van der Waals surface area contributed by atoms with Crippen molar-refractivity contribution >= 4 is 11.6 Å².